The van der Waals surface area contributed by atoms with Crippen molar-refractivity contribution in [3.05, 3.63) is 29.6 Å². The van der Waals surface area contributed by atoms with Crippen molar-refractivity contribution in [3.63, 3.8) is 0 Å². The van der Waals surface area contributed by atoms with E-state index in [1.807, 2.05) is 31.1 Å². The molecule has 1 spiro atoms. The fourth-order valence-electron chi connectivity index (χ4n) is 5.08. The number of benzene rings is 1. The van der Waals surface area contributed by atoms with Gasteiger partial charge in [0.05, 0.1) is 42.1 Å². The predicted molar refractivity (Wildman–Crippen MR) is 121 cm³/mol. The van der Waals surface area contributed by atoms with Gasteiger partial charge in [-0.05, 0) is 38.8 Å². The molecule has 0 amide bonds. The molecular formula is C22H31N7O2. The number of nitrogens with one attached hydrogen (secondary N) is 2. The van der Waals surface area contributed by atoms with Crippen molar-refractivity contribution < 1.29 is 9.84 Å². The number of nitrogens with zero attached hydrogens (tertiary/aromatic N) is 4. The Hall–Kier alpha value is -2.46. The van der Waals surface area contributed by atoms with Crippen LogP contribution in [0.3, 0.4) is 0 Å². The lowest BCUT2D eigenvalue weighted by atomic mass is 9.73. The van der Waals surface area contributed by atoms with Crippen LogP contribution < -0.4 is 26.6 Å². The van der Waals surface area contributed by atoms with E-state index in [1.165, 1.54) is 0 Å². The van der Waals surface area contributed by atoms with Gasteiger partial charge in [0.15, 0.2) is 5.82 Å². The van der Waals surface area contributed by atoms with Crippen molar-refractivity contribution in [2.24, 2.45) is 11.1 Å². The second-order valence-corrected chi connectivity index (χ2v) is 9.01. The summed E-state index contributed by atoms with van der Waals surface area (Å²) in [5, 5.41) is 12.0. The number of hydrazine groups is 2. The van der Waals surface area contributed by atoms with Crippen LogP contribution in [0.2, 0.25) is 0 Å². The molecule has 2 aromatic rings. The highest BCUT2D eigenvalue weighted by Gasteiger charge is 2.47. The Morgan fingerprint density at radius 2 is 2.06 bits per heavy atom. The molecule has 166 valence electrons. The number of aliphatic hydroxyl groups is 1. The number of aromatic nitrogens is 2. The van der Waals surface area contributed by atoms with Crippen molar-refractivity contribution in [3.8, 4) is 11.3 Å². The normalized spacial score (nSPS) is 24.5. The Bertz CT molecular complexity index is 990. The first kappa shape index (κ1) is 20.4. The molecule has 0 bridgehead atoms. The minimum atomic E-state index is -0.148. The zero-order valence-corrected chi connectivity index (χ0v) is 18.4. The number of fused-ring (bicyclic) bond motifs is 1. The van der Waals surface area contributed by atoms with Crippen molar-refractivity contribution >= 4 is 17.2 Å². The maximum absolute atomic E-state index is 10.1. The standard InChI is InChI=1S/C22H31N7O2/c1-13-19(15-4-5-16-18(10-15)28(3)27-26-16)25-17(11-30)21(24-13)29-8-6-22(7-9-29)12-31-14(2)20(22)23/h4-5,10,14,20,26-27,30H,6-9,11-12,23H2,1-3H3/t14-,20+/m0/s1. The molecule has 4 heterocycles. The predicted octanol–water partition coefficient (Wildman–Crippen LogP) is 1.56. The third-order valence-corrected chi connectivity index (χ3v) is 7.17. The molecule has 0 saturated carbocycles. The quantitative estimate of drug-likeness (QED) is 0.582. The Morgan fingerprint density at radius 1 is 1.29 bits per heavy atom. The highest BCUT2D eigenvalue weighted by atomic mass is 16.5. The van der Waals surface area contributed by atoms with Crippen molar-refractivity contribution in [1.29, 1.82) is 0 Å². The Balaban J connectivity index is 1.42. The van der Waals surface area contributed by atoms with Gasteiger partial charge in [-0.25, -0.2) is 9.97 Å². The molecular weight excluding hydrogens is 394 g/mol. The van der Waals surface area contributed by atoms with Crippen LogP contribution in [0, 0.1) is 12.3 Å². The molecule has 1 aromatic heterocycles. The van der Waals surface area contributed by atoms with E-state index in [2.05, 4.69) is 28.9 Å². The first-order valence-electron chi connectivity index (χ1n) is 10.9. The summed E-state index contributed by atoms with van der Waals surface area (Å²) in [6.45, 7) is 6.30. The number of nitrogens with two attached hydrogens (primary N) is 1. The first-order valence-corrected chi connectivity index (χ1v) is 10.9. The van der Waals surface area contributed by atoms with E-state index in [4.69, 9.17) is 20.4 Å². The van der Waals surface area contributed by atoms with Crippen LogP contribution in [0.5, 0.6) is 0 Å². The summed E-state index contributed by atoms with van der Waals surface area (Å²) in [4.78, 5) is 12.0. The highest BCUT2D eigenvalue weighted by molar-refractivity contribution is 5.79. The van der Waals surface area contributed by atoms with Gasteiger partial charge in [-0.1, -0.05) is 6.07 Å². The first-order chi connectivity index (χ1) is 14.9. The lowest BCUT2D eigenvalue weighted by molar-refractivity contribution is 0.0973. The van der Waals surface area contributed by atoms with Gasteiger partial charge in [0.25, 0.3) is 0 Å². The van der Waals surface area contributed by atoms with Gasteiger partial charge in [0.2, 0.25) is 0 Å². The summed E-state index contributed by atoms with van der Waals surface area (Å²) in [5.74, 6) is 0.778. The van der Waals surface area contributed by atoms with Crippen LogP contribution >= 0.6 is 0 Å². The van der Waals surface area contributed by atoms with Crippen LogP contribution in [0.25, 0.3) is 11.3 Å². The monoisotopic (exact) mass is 425 g/mol. The summed E-state index contributed by atoms with van der Waals surface area (Å²) in [6, 6.07) is 6.20. The van der Waals surface area contributed by atoms with E-state index < -0.39 is 0 Å². The number of aryl methyl sites for hydroxylation is 1. The molecule has 0 radical (unpaired) electrons. The van der Waals surface area contributed by atoms with E-state index in [9.17, 15) is 5.11 Å². The Morgan fingerprint density at radius 3 is 2.74 bits per heavy atom. The fraction of sp³-hybridized carbons (Fsp3) is 0.545. The summed E-state index contributed by atoms with van der Waals surface area (Å²) < 4.78 is 5.84. The van der Waals surface area contributed by atoms with Crippen molar-refractivity contribution in [1.82, 2.24) is 15.5 Å². The highest BCUT2D eigenvalue weighted by Crippen LogP contribution is 2.42. The van der Waals surface area contributed by atoms with Crippen LogP contribution in [0.4, 0.5) is 17.2 Å². The van der Waals surface area contributed by atoms with E-state index in [0.29, 0.717) is 5.69 Å². The maximum Gasteiger partial charge on any atom is 0.153 e. The molecule has 0 aliphatic carbocycles. The number of ether oxygens (including phenoxy) is 1. The van der Waals surface area contributed by atoms with E-state index in [-0.39, 0.29) is 24.2 Å². The minimum absolute atomic E-state index is 0.0518. The Kier molecular flexibility index (Phi) is 5.01. The summed E-state index contributed by atoms with van der Waals surface area (Å²) in [5.41, 5.74) is 18.0. The lowest BCUT2D eigenvalue weighted by Crippen LogP contribution is -2.51. The molecule has 1 aromatic carbocycles. The van der Waals surface area contributed by atoms with Gasteiger partial charge >= 0.3 is 0 Å². The fourth-order valence-corrected chi connectivity index (χ4v) is 5.08. The minimum Gasteiger partial charge on any atom is -0.390 e. The van der Waals surface area contributed by atoms with Crippen LogP contribution in [0.1, 0.15) is 31.2 Å². The van der Waals surface area contributed by atoms with Crippen molar-refractivity contribution in [2.45, 2.75) is 45.4 Å². The summed E-state index contributed by atoms with van der Waals surface area (Å²) in [7, 11) is 1.95. The van der Waals surface area contributed by atoms with Gasteiger partial charge in [-0.2, -0.15) is 0 Å². The molecule has 2 atom stereocenters. The Labute approximate surface area is 182 Å². The molecule has 5 rings (SSSR count). The smallest absolute Gasteiger partial charge is 0.153 e. The average molecular weight is 426 g/mol. The molecule has 3 aliphatic rings. The number of rotatable bonds is 3. The second kappa shape index (κ2) is 7.59. The van der Waals surface area contributed by atoms with Gasteiger partial charge in [-0.3, -0.25) is 5.01 Å². The SMILES string of the molecule is Cc1nc(N2CCC3(CC2)CO[C@@H](C)[C@H]3N)c(CO)nc1-c1ccc2c(c1)N(C)NN2. The van der Waals surface area contributed by atoms with E-state index >= 15 is 0 Å². The number of piperidine rings is 1. The summed E-state index contributed by atoms with van der Waals surface area (Å²) in [6.07, 6.45) is 2.03. The number of hydrogen-bond acceptors (Lipinski definition) is 9. The molecule has 2 saturated heterocycles. The summed E-state index contributed by atoms with van der Waals surface area (Å²) >= 11 is 0. The number of aliphatic hydroxyl groups excluding tert-OH is 1. The molecule has 9 heteroatoms. The molecule has 3 aliphatic heterocycles. The van der Waals surface area contributed by atoms with E-state index in [1.54, 1.807) is 0 Å². The van der Waals surface area contributed by atoms with Gasteiger partial charge in [-0.15, -0.1) is 5.53 Å². The lowest BCUT2D eigenvalue weighted by Gasteiger charge is -2.42. The van der Waals surface area contributed by atoms with Crippen LogP contribution in [-0.2, 0) is 11.3 Å². The van der Waals surface area contributed by atoms with Gasteiger partial charge in [0, 0.05) is 37.2 Å². The van der Waals surface area contributed by atoms with Gasteiger partial charge in [0.1, 0.15) is 5.69 Å². The zero-order chi connectivity index (χ0) is 21.8. The third kappa shape index (κ3) is 3.32. The van der Waals surface area contributed by atoms with Gasteiger partial charge < -0.3 is 25.9 Å². The molecule has 2 fully saturated rings. The largest absolute Gasteiger partial charge is 0.390 e. The molecule has 9 nitrogen and oxygen atoms in total. The molecule has 31 heavy (non-hydrogen) atoms. The average Bonchev–Trinajstić information content (AvgIpc) is 3.29. The second-order valence-electron chi connectivity index (χ2n) is 9.01. The molecule has 0 unspecified atom stereocenters. The van der Waals surface area contributed by atoms with Crippen LogP contribution in [0.15, 0.2) is 18.2 Å². The topological polar surface area (TPSA) is 112 Å². The van der Waals surface area contributed by atoms with Crippen LogP contribution in [-0.4, -0.2) is 54.0 Å². The van der Waals surface area contributed by atoms with E-state index in [0.717, 1.165) is 66.7 Å². The molecule has 5 N–H and O–H groups in total. The maximum atomic E-state index is 10.1. The number of anilines is 3. The third-order valence-electron chi connectivity index (χ3n) is 7.17. The number of hydrogen-bond donors (Lipinski definition) is 4. The van der Waals surface area contributed by atoms with Crippen molar-refractivity contribution in [2.75, 3.05) is 42.1 Å². The zero-order valence-electron chi connectivity index (χ0n) is 18.4.